The number of thiophene rings is 1. The molecule has 0 aliphatic carbocycles. The average Bonchev–Trinajstić information content (AvgIpc) is 3.88. The number of nitrogens with zero attached hydrogens (tertiary/aromatic N) is 3. The molecule has 3 aromatic heterocycles. The van der Waals surface area contributed by atoms with Gasteiger partial charge in [0.15, 0.2) is 0 Å². The van der Waals surface area contributed by atoms with Gasteiger partial charge in [-0.1, -0.05) is 120 Å². The fourth-order valence-corrected chi connectivity index (χ4v) is 6.96. The summed E-state index contributed by atoms with van der Waals surface area (Å²) in [4.78, 5) is 9.54. The van der Waals surface area contributed by atoms with Gasteiger partial charge in [-0.3, -0.25) is 4.57 Å². The fraction of sp³-hybridized carbons (Fsp3) is 0.0244. The standard InChI is InChI=1S/C41H25N3S/c1-24-18-20-26(21-19-24)37-32-23-22-25-10-2-3-11-27(25)38(32)43-41(42-37)44-33-16-8-6-14-30(33)35-28-12-4-5-13-29(28)36-31-15-7-9-17-34(31)45-40(36)39(35)44/h2-23H,1H3/i2D,3D,4D,5D,6D,7D,8D,9D,10D,11D,12D,13D,14D,15D,16D,17D,18D,19D,20D,21D,22D,23D. The highest BCUT2D eigenvalue weighted by Crippen LogP contribution is 2.47. The van der Waals surface area contributed by atoms with E-state index < -0.39 is 177 Å². The predicted molar refractivity (Wildman–Crippen MR) is 192 cm³/mol. The van der Waals surface area contributed by atoms with Crippen molar-refractivity contribution in [2.45, 2.75) is 6.92 Å². The third kappa shape index (κ3) is 3.46. The van der Waals surface area contributed by atoms with E-state index in [4.69, 9.17) is 33.3 Å². The Balaban J connectivity index is 1.62. The topological polar surface area (TPSA) is 30.7 Å². The molecule has 4 heteroatoms. The maximum Gasteiger partial charge on any atom is 0.235 e. The highest BCUT2D eigenvalue weighted by molar-refractivity contribution is 7.27. The zero-order valence-corrected chi connectivity index (χ0v) is 23.6. The van der Waals surface area contributed by atoms with E-state index in [2.05, 4.69) is 0 Å². The van der Waals surface area contributed by atoms with Gasteiger partial charge in [-0.05, 0) is 41.2 Å². The molecule has 0 radical (unpaired) electrons. The highest BCUT2D eigenvalue weighted by atomic mass is 32.1. The number of aromatic nitrogens is 3. The molecule has 0 saturated heterocycles. The molecule has 0 amide bonds. The Morgan fingerprint density at radius 3 is 2.07 bits per heavy atom. The molecule has 210 valence electrons. The summed E-state index contributed by atoms with van der Waals surface area (Å²) < 4.78 is 198. The van der Waals surface area contributed by atoms with E-state index >= 15 is 0 Å². The van der Waals surface area contributed by atoms with Gasteiger partial charge < -0.3 is 0 Å². The summed E-state index contributed by atoms with van der Waals surface area (Å²) in [5, 5.41) is -2.76. The van der Waals surface area contributed by atoms with Crippen molar-refractivity contribution in [2.75, 3.05) is 0 Å². The molecule has 3 nitrogen and oxygen atoms in total. The third-order valence-corrected chi connectivity index (χ3v) is 8.77. The van der Waals surface area contributed by atoms with Gasteiger partial charge >= 0.3 is 0 Å². The van der Waals surface area contributed by atoms with Crippen molar-refractivity contribution in [2.24, 2.45) is 0 Å². The summed E-state index contributed by atoms with van der Waals surface area (Å²) in [5.74, 6) is -0.644. The maximum atomic E-state index is 9.42. The van der Waals surface area contributed by atoms with Gasteiger partial charge in [0.25, 0.3) is 0 Å². The minimum absolute atomic E-state index is 0.0399. The quantitative estimate of drug-likeness (QED) is 0.182. The lowest BCUT2D eigenvalue weighted by atomic mass is 9.99. The van der Waals surface area contributed by atoms with Crippen LogP contribution >= 0.6 is 11.3 Å². The van der Waals surface area contributed by atoms with Crippen LogP contribution in [0, 0.1) is 6.92 Å². The average molecular weight is 614 g/mol. The second kappa shape index (κ2) is 9.21. The van der Waals surface area contributed by atoms with Crippen LogP contribution in [0.2, 0.25) is 0 Å². The SMILES string of the molecule is [2H]c1c([2H])c(-c2nc(-n3c4c([2H])c([2H])c([2H])c([2H])c4c4c5c([2H])c([2H])c([2H])c([2H])c5c5c(sc6c([2H])c([2H])c([2H])c([2H])c65)c43)nc3c2c([2H])c([2H])c2c([2H])c([2H])c([2H])c([2H])c23)c([2H])c([2H])c1C. The van der Waals surface area contributed by atoms with Crippen LogP contribution in [0.1, 0.15) is 35.7 Å². The second-order valence-electron chi connectivity index (χ2n) is 10.1. The molecule has 0 atom stereocenters. The molecule has 0 aliphatic rings. The number of para-hydroxylation sites is 1. The van der Waals surface area contributed by atoms with E-state index in [0.717, 1.165) is 15.9 Å². The lowest BCUT2D eigenvalue weighted by Crippen LogP contribution is -2.04. The van der Waals surface area contributed by atoms with Crippen LogP contribution in [0.15, 0.2) is 133 Å². The smallest absolute Gasteiger partial charge is 0.235 e. The normalized spacial score (nSPS) is 19.0. The van der Waals surface area contributed by atoms with Crippen LogP contribution in [0.5, 0.6) is 0 Å². The number of rotatable bonds is 2. The van der Waals surface area contributed by atoms with Gasteiger partial charge in [0.05, 0.1) is 57.1 Å². The first-order valence-corrected chi connectivity index (χ1v) is 14.3. The molecule has 45 heavy (non-hydrogen) atoms. The first-order valence-electron chi connectivity index (χ1n) is 24.5. The summed E-state index contributed by atoms with van der Waals surface area (Å²) in [6.45, 7) is 1.34. The van der Waals surface area contributed by atoms with Crippen molar-refractivity contribution in [3.8, 4) is 17.2 Å². The number of fused-ring (bicyclic) bond motifs is 13. The Bertz CT molecular complexity index is 4060. The van der Waals surface area contributed by atoms with Gasteiger partial charge in [-0.25, -0.2) is 9.97 Å². The van der Waals surface area contributed by atoms with Crippen molar-refractivity contribution >= 4 is 85.8 Å². The van der Waals surface area contributed by atoms with E-state index in [1.807, 2.05) is 0 Å². The first-order chi connectivity index (χ1) is 31.4. The van der Waals surface area contributed by atoms with Crippen molar-refractivity contribution < 1.29 is 30.2 Å². The summed E-state index contributed by atoms with van der Waals surface area (Å²) >= 11 is 0.747. The number of hydrogen-bond donors (Lipinski definition) is 0. The molecule has 3 heterocycles. The molecule has 0 aliphatic heterocycles. The van der Waals surface area contributed by atoms with Crippen LogP contribution < -0.4 is 0 Å². The minimum Gasteiger partial charge on any atom is -0.276 e. The lowest BCUT2D eigenvalue weighted by Gasteiger charge is -2.14. The van der Waals surface area contributed by atoms with E-state index in [9.17, 15) is 6.85 Å². The largest absolute Gasteiger partial charge is 0.276 e. The molecular formula is C41H25N3S. The highest BCUT2D eigenvalue weighted by Gasteiger charge is 2.23. The fourth-order valence-electron chi connectivity index (χ4n) is 5.80. The summed E-state index contributed by atoms with van der Waals surface area (Å²) in [6.07, 6.45) is 0. The zero-order chi connectivity index (χ0) is 48.8. The van der Waals surface area contributed by atoms with Gasteiger partial charge in [-0.15, -0.1) is 11.3 Å². The Kier molecular flexibility index (Phi) is 2.40. The van der Waals surface area contributed by atoms with Crippen LogP contribution in [0.3, 0.4) is 0 Å². The Morgan fingerprint density at radius 2 is 1.24 bits per heavy atom. The molecule has 0 N–H and O–H groups in total. The summed E-state index contributed by atoms with van der Waals surface area (Å²) in [6, 6.07) is -15.1. The van der Waals surface area contributed by atoms with Crippen LogP contribution in [-0.4, -0.2) is 14.5 Å². The Morgan fingerprint density at radius 1 is 0.578 bits per heavy atom. The van der Waals surface area contributed by atoms with Crippen molar-refractivity contribution in [1.82, 2.24) is 14.5 Å². The Hall–Kier alpha value is -5.58. The second-order valence-corrected chi connectivity index (χ2v) is 11.2. The molecule has 0 fully saturated rings. The molecule has 10 rings (SSSR count). The van der Waals surface area contributed by atoms with Crippen molar-refractivity contribution in [1.29, 1.82) is 0 Å². The lowest BCUT2D eigenvalue weighted by molar-refractivity contribution is 1.02. The maximum absolute atomic E-state index is 9.42. The number of benzene rings is 7. The summed E-state index contributed by atoms with van der Waals surface area (Å²) in [7, 11) is 0. The predicted octanol–water partition coefficient (Wildman–Crippen LogP) is 11.4. The first kappa shape index (κ1) is 11.7. The molecule has 7 aromatic carbocycles. The molecule has 0 bridgehead atoms. The molecule has 0 spiro atoms. The third-order valence-electron chi connectivity index (χ3n) is 7.66. The van der Waals surface area contributed by atoms with Gasteiger partial charge in [0.1, 0.15) is 0 Å². The van der Waals surface area contributed by atoms with Crippen molar-refractivity contribution in [3.63, 3.8) is 0 Å². The van der Waals surface area contributed by atoms with E-state index in [-0.39, 0.29) is 52.8 Å². The molecule has 10 aromatic rings. The summed E-state index contributed by atoms with van der Waals surface area (Å²) in [5.41, 5.74) is -2.29. The van der Waals surface area contributed by atoms with E-state index in [1.54, 1.807) is 0 Å². The zero-order valence-electron chi connectivity index (χ0n) is 44.7. The van der Waals surface area contributed by atoms with Crippen molar-refractivity contribution in [3.05, 3.63) is 138 Å². The van der Waals surface area contributed by atoms with Crippen LogP contribution in [0.25, 0.3) is 91.6 Å². The van der Waals surface area contributed by atoms with E-state index in [0.29, 0.717) is 0 Å². The van der Waals surface area contributed by atoms with Crippen LogP contribution in [-0.2, 0) is 0 Å². The molecule has 0 unspecified atom stereocenters. The van der Waals surface area contributed by atoms with E-state index in [1.165, 1.54) is 6.92 Å². The van der Waals surface area contributed by atoms with Gasteiger partial charge in [0, 0.05) is 42.6 Å². The van der Waals surface area contributed by atoms with Gasteiger partial charge in [-0.2, -0.15) is 0 Å². The Labute approximate surface area is 293 Å². The number of hydrogen-bond acceptors (Lipinski definition) is 3. The molecular weight excluding hydrogens is 567 g/mol. The van der Waals surface area contributed by atoms with Gasteiger partial charge in [0.2, 0.25) is 5.95 Å². The minimum atomic E-state index is -0.800. The molecule has 0 saturated carbocycles. The van der Waals surface area contributed by atoms with Crippen LogP contribution in [0.4, 0.5) is 0 Å². The monoisotopic (exact) mass is 613 g/mol.